The van der Waals surface area contributed by atoms with Crippen LogP contribution in [0.15, 0.2) is 24.3 Å². The maximum atomic E-state index is 13.4. The van der Waals surface area contributed by atoms with E-state index in [2.05, 4.69) is 17.6 Å². The Morgan fingerprint density at radius 1 is 1.47 bits per heavy atom. The minimum absolute atomic E-state index is 0. The first-order valence-electron chi connectivity index (χ1n) is 6.41. The average molecular weight is 287 g/mol. The largest absolute Gasteiger partial charge is 0.352 e. The van der Waals surface area contributed by atoms with Crippen molar-refractivity contribution in [3.63, 3.8) is 0 Å². The van der Waals surface area contributed by atoms with E-state index in [1.807, 2.05) is 0 Å². The van der Waals surface area contributed by atoms with Gasteiger partial charge in [0.05, 0.1) is 0 Å². The molecule has 0 aromatic heterocycles. The summed E-state index contributed by atoms with van der Waals surface area (Å²) in [5, 5.41) is 6.13. The van der Waals surface area contributed by atoms with Gasteiger partial charge in [0.15, 0.2) is 0 Å². The summed E-state index contributed by atoms with van der Waals surface area (Å²) in [6.07, 6.45) is 1.70. The van der Waals surface area contributed by atoms with Gasteiger partial charge in [0.25, 0.3) is 0 Å². The number of hydrogen-bond donors (Lipinski definition) is 2. The fourth-order valence-corrected chi connectivity index (χ4v) is 2.34. The molecule has 5 heteroatoms. The molecule has 1 aromatic rings. The summed E-state index contributed by atoms with van der Waals surface area (Å²) in [6.45, 7) is 3.22. The molecule has 106 valence electrons. The van der Waals surface area contributed by atoms with Crippen LogP contribution in [0.25, 0.3) is 0 Å². The van der Waals surface area contributed by atoms with Gasteiger partial charge in [-0.05, 0) is 32.4 Å². The number of carbonyl (C=O) groups is 1. The number of amides is 1. The summed E-state index contributed by atoms with van der Waals surface area (Å²) in [6, 6.07) is 6.91. The Labute approximate surface area is 119 Å². The van der Waals surface area contributed by atoms with Gasteiger partial charge in [-0.3, -0.25) is 4.79 Å². The number of piperidine rings is 1. The van der Waals surface area contributed by atoms with E-state index in [1.165, 1.54) is 6.07 Å². The molecule has 0 aliphatic carbocycles. The Morgan fingerprint density at radius 2 is 2.21 bits per heavy atom. The summed E-state index contributed by atoms with van der Waals surface area (Å²) >= 11 is 0. The molecule has 3 nitrogen and oxygen atoms in total. The summed E-state index contributed by atoms with van der Waals surface area (Å²) in [7, 11) is 0. The molecular weight excluding hydrogens is 267 g/mol. The normalized spacial score (nSPS) is 22.4. The third-order valence-electron chi connectivity index (χ3n) is 3.41. The number of benzene rings is 1. The first-order chi connectivity index (χ1) is 8.66. The van der Waals surface area contributed by atoms with Crippen LogP contribution in [-0.2, 0) is 11.3 Å². The van der Waals surface area contributed by atoms with E-state index in [-0.39, 0.29) is 36.6 Å². The van der Waals surface area contributed by atoms with E-state index >= 15 is 0 Å². The second-order valence-corrected chi connectivity index (χ2v) is 4.89. The highest BCUT2D eigenvalue weighted by Crippen LogP contribution is 2.16. The molecule has 2 atom stereocenters. The van der Waals surface area contributed by atoms with Crippen LogP contribution in [0.3, 0.4) is 0 Å². The highest BCUT2D eigenvalue weighted by atomic mass is 35.5. The van der Waals surface area contributed by atoms with E-state index in [1.54, 1.807) is 18.2 Å². The Bertz CT molecular complexity index is 428. The molecule has 0 saturated carbocycles. The van der Waals surface area contributed by atoms with E-state index in [9.17, 15) is 9.18 Å². The van der Waals surface area contributed by atoms with E-state index in [4.69, 9.17) is 0 Å². The van der Waals surface area contributed by atoms with Crippen molar-refractivity contribution < 1.29 is 9.18 Å². The monoisotopic (exact) mass is 286 g/mol. The van der Waals surface area contributed by atoms with E-state index in [0.717, 1.165) is 19.4 Å². The Morgan fingerprint density at radius 3 is 2.89 bits per heavy atom. The van der Waals surface area contributed by atoms with Gasteiger partial charge in [-0.25, -0.2) is 4.39 Å². The zero-order valence-corrected chi connectivity index (χ0v) is 11.8. The van der Waals surface area contributed by atoms with Crippen molar-refractivity contribution in [3.8, 4) is 0 Å². The quantitative estimate of drug-likeness (QED) is 0.895. The van der Waals surface area contributed by atoms with Crippen molar-refractivity contribution in [1.82, 2.24) is 10.6 Å². The van der Waals surface area contributed by atoms with Crippen molar-refractivity contribution in [1.29, 1.82) is 0 Å². The molecule has 1 heterocycles. The lowest BCUT2D eigenvalue weighted by Crippen LogP contribution is -2.42. The summed E-state index contributed by atoms with van der Waals surface area (Å²) in [5.41, 5.74) is 0.535. The molecule has 2 rings (SSSR count). The molecule has 1 fully saturated rings. The summed E-state index contributed by atoms with van der Waals surface area (Å²) < 4.78 is 13.4. The molecule has 0 unspecified atom stereocenters. The third kappa shape index (κ3) is 4.48. The maximum absolute atomic E-state index is 13.4. The van der Waals surface area contributed by atoms with Gasteiger partial charge in [-0.15, -0.1) is 12.4 Å². The third-order valence-corrected chi connectivity index (χ3v) is 3.41. The average Bonchev–Trinajstić information content (AvgIpc) is 2.37. The number of halogens is 2. The molecule has 1 aliphatic rings. The minimum Gasteiger partial charge on any atom is -0.352 e. The molecule has 0 bridgehead atoms. The fourth-order valence-electron chi connectivity index (χ4n) is 2.34. The van der Waals surface area contributed by atoms with Crippen LogP contribution in [0.5, 0.6) is 0 Å². The van der Waals surface area contributed by atoms with Crippen molar-refractivity contribution in [2.45, 2.75) is 32.4 Å². The number of carbonyl (C=O) groups excluding carboxylic acids is 1. The van der Waals surface area contributed by atoms with Crippen molar-refractivity contribution in [2.24, 2.45) is 5.92 Å². The molecule has 1 aromatic carbocycles. The van der Waals surface area contributed by atoms with Gasteiger partial charge >= 0.3 is 0 Å². The lowest BCUT2D eigenvalue weighted by atomic mass is 9.92. The van der Waals surface area contributed by atoms with Crippen LogP contribution in [0.2, 0.25) is 0 Å². The molecule has 2 N–H and O–H groups in total. The molecule has 19 heavy (non-hydrogen) atoms. The molecular formula is C14H20ClFN2O. The summed E-state index contributed by atoms with van der Waals surface area (Å²) in [5.74, 6) is -0.184. The van der Waals surface area contributed by atoms with Gasteiger partial charge < -0.3 is 10.6 Å². The highest BCUT2D eigenvalue weighted by molar-refractivity contribution is 5.85. The Kier molecular flexibility index (Phi) is 6.25. The van der Waals surface area contributed by atoms with Crippen molar-refractivity contribution in [3.05, 3.63) is 35.6 Å². The number of rotatable bonds is 3. The zero-order chi connectivity index (χ0) is 13.0. The van der Waals surface area contributed by atoms with Crippen LogP contribution in [-0.4, -0.2) is 18.5 Å². The van der Waals surface area contributed by atoms with Gasteiger partial charge in [0.1, 0.15) is 5.82 Å². The lowest BCUT2D eigenvalue weighted by molar-refractivity contribution is -0.126. The number of hydrogen-bond acceptors (Lipinski definition) is 2. The van der Waals surface area contributed by atoms with Crippen LogP contribution in [0.4, 0.5) is 4.39 Å². The van der Waals surface area contributed by atoms with Crippen LogP contribution in [0.1, 0.15) is 25.3 Å². The molecule has 0 spiro atoms. The van der Waals surface area contributed by atoms with Crippen LogP contribution >= 0.6 is 12.4 Å². The lowest BCUT2D eigenvalue weighted by Gasteiger charge is -2.27. The van der Waals surface area contributed by atoms with E-state index < -0.39 is 0 Å². The van der Waals surface area contributed by atoms with E-state index in [0.29, 0.717) is 11.6 Å². The number of nitrogens with one attached hydrogen (secondary N) is 2. The Balaban J connectivity index is 0.00000180. The van der Waals surface area contributed by atoms with Gasteiger partial charge in [-0.2, -0.15) is 0 Å². The predicted molar refractivity (Wildman–Crippen MR) is 75.7 cm³/mol. The van der Waals surface area contributed by atoms with Crippen LogP contribution < -0.4 is 10.6 Å². The Hall–Kier alpha value is -1.13. The highest BCUT2D eigenvalue weighted by Gasteiger charge is 2.24. The standard InChI is InChI=1S/C14H19FN2O.ClH/c1-10-8-11(6-7-16-10)14(18)17-9-12-4-2-3-5-13(12)15;/h2-5,10-11,16H,6-9H2,1H3,(H,17,18);1H/t10-,11-;/m0./s1. The SMILES string of the molecule is C[C@H]1C[C@@H](C(=O)NCc2ccccc2F)CCN1.Cl. The summed E-state index contributed by atoms with van der Waals surface area (Å²) in [4.78, 5) is 12.0. The molecule has 1 saturated heterocycles. The van der Waals surface area contributed by atoms with Gasteiger partial charge in [0.2, 0.25) is 5.91 Å². The molecule has 1 amide bonds. The fraction of sp³-hybridized carbons (Fsp3) is 0.500. The van der Waals surface area contributed by atoms with Gasteiger partial charge in [0, 0.05) is 24.1 Å². The first-order valence-corrected chi connectivity index (χ1v) is 6.41. The minimum atomic E-state index is -0.267. The predicted octanol–water partition coefficient (Wildman–Crippen LogP) is 2.25. The zero-order valence-electron chi connectivity index (χ0n) is 11.0. The molecule has 1 aliphatic heterocycles. The smallest absolute Gasteiger partial charge is 0.223 e. The second kappa shape index (κ2) is 7.46. The van der Waals surface area contributed by atoms with Crippen molar-refractivity contribution >= 4 is 18.3 Å². The molecule has 0 radical (unpaired) electrons. The van der Waals surface area contributed by atoms with Crippen molar-refractivity contribution in [2.75, 3.05) is 6.54 Å². The maximum Gasteiger partial charge on any atom is 0.223 e. The first kappa shape index (κ1) is 15.9. The second-order valence-electron chi connectivity index (χ2n) is 4.89. The van der Waals surface area contributed by atoms with Gasteiger partial charge in [-0.1, -0.05) is 18.2 Å². The topological polar surface area (TPSA) is 41.1 Å². The van der Waals surface area contributed by atoms with Crippen LogP contribution in [0, 0.1) is 11.7 Å².